The predicted octanol–water partition coefficient (Wildman–Crippen LogP) is 2.73. The molecule has 28 heavy (non-hydrogen) atoms. The van der Waals surface area contributed by atoms with Gasteiger partial charge in [0, 0.05) is 32.2 Å². The fraction of sp³-hybridized carbons (Fsp3) is 0.650. The minimum Gasteiger partial charge on any atom is -0.370 e. The molecule has 1 N–H and O–H groups in total. The van der Waals surface area contributed by atoms with Crippen molar-refractivity contribution in [2.24, 2.45) is 11.8 Å². The van der Waals surface area contributed by atoms with Gasteiger partial charge in [-0.1, -0.05) is 37.6 Å². The number of para-hydroxylation sites is 1. The SMILES string of the molecule is CC(C)CS(=O)(=O)N1CCC(NC(=O)C2CCN(c3ccccc3Cl)C2)CC1. The Hall–Kier alpha value is -1.31. The van der Waals surface area contributed by atoms with Gasteiger partial charge in [0.1, 0.15) is 0 Å². The zero-order chi connectivity index (χ0) is 20.3. The lowest BCUT2D eigenvalue weighted by Gasteiger charge is -2.32. The second kappa shape index (κ2) is 9.01. The van der Waals surface area contributed by atoms with Crippen molar-refractivity contribution in [3.63, 3.8) is 0 Å². The normalized spacial score (nSPS) is 22.0. The van der Waals surface area contributed by atoms with E-state index in [4.69, 9.17) is 11.6 Å². The molecule has 0 radical (unpaired) electrons. The van der Waals surface area contributed by atoms with Gasteiger partial charge in [-0.3, -0.25) is 4.79 Å². The summed E-state index contributed by atoms with van der Waals surface area (Å²) >= 11 is 6.27. The van der Waals surface area contributed by atoms with E-state index in [1.165, 1.54) is 0 Å². The van der Waals surface area contributed by atoms with Gasteiger partial charge < -0.3 is 10.2 Å². The molecule has 2 heterocycles. The largest absolute Gasteiger partial charge is 0.370 e. The van der Waals surface area contributed by atoms with Gasteiger partial charge in [0.25, 0.3) is 0 Å². The summed E-state index contributed by atoms with van der Waals surface area (Å²) in [6.07, 6.45) is 2.15. The number of anilines is 1. The summed E-state index contributed by atoms with van der Waals surface area (Å²) in [5, 5.41) is 3.85. The molecule has 0 aliphatic carbocycles. The zero-order valence-electron chi connectivity index (χ0n) is 16.6. The van der Waals surface area contributed by atoms with E-state index >= 15 is 0 Å². The van der Waals surface area contributed by atoms with Crippen molar-refractivity contribution in [1.82, 2.24) is 9.62 Å². The molecule has 0 saturated carbocycles. The number of benzene rings is 1. The standard InChI is InChI=1S/C20H30ClN3O3S/c1-15(2)14-28(26,27)24-11-8-17(9-12-24)22-20(25)16-7-10-23(13-16)19-6-4-3-5-18(19)21/h3-6,15-17H,7-14H2,1-2H3,(H,22,25). The van der Waals surface area contributed by atoms with Crippen LogP contribution in [0.4, 0.5) is 5.69 Å². The first-order valence-electron chi connectivity index (χ1n) is 10.0. The van der Waals surface area contributed by atoms with Crippen LogP contribution in [0.25, 0.3) is 0 Å². The van der Waals surface area contributed by atoms with Gasteiger partial charge in [0.05, 0.1) is 22.4 Å². The van der Waals surface area contributed by atoms with E-state index in [0.717, 1.165) is 18.7 Å². The molecule has 1 unspecified atom stereocenters. The molecular weight excluding hydrogens is 398 g/mol. The van der Waals surface area contributed by atoms with Crippen LogP contribution in [-0.2, 0) is 14.8 Å². The quantitative estimate of drug-likeness (QED) is 0.757. The van der Waals surface area contributed by atoms with Crippen LogP contribution in [0.5, 0.6) is 0 Å². The van der Waals surface area contributed by atoms with Crippen molar-refractivity contribution < 1.29 is 13.2 Å². The zero-order valence-corrected chi connectivity index (χ0v) is 18.2. The first kappa shape index (κ1) is 21.4. The maximum atomic E-state index is 12.7. The molecule has 1 atom stereocenters. The minimum atomic E-state index is -3.19. The highest BCUT2D eigenvalue weighted by molar-refractivity contribution is 7.89. The van der Waals surface area contributed by atoms with E-state index in [1.54, 1.807) is 4.31 Å². The first-order valence-corrected chi connectivity index (χ1v) is 12.0. The fourth-order valence-electron chi connectivity index (χ4n) is 4.03. The first-order chi connectivity index (χ1) is 13.3. The van der Waals surface area contributed by atoms with Gasteiger partial charge in [-0.15, -0.1) is 0 Å². The van der Waals surface area contributed by atoms with Gasteiger partial charge in [-0.2, -0.15) is 0 Å². The van der Waals surface area contributed by atoms with Crippen molar-refractivity contribution >= 4 is 33.2 Å². The average molecular weight is 428 g/mol. The molecule has 1 aromatic carbocycles. The average Bonchev–Trinajstić information content (AvgIpc) is 3.11. The van der Waals surface area contributed by atoms with E-state index in [-0.39, 0.29) is 29.5 Å². The Kier molecular flexibility index (Phi) is 6.89. The fourth-order valence-corrected chi connectivity index (χ4v) is 6.10. The summed E-state index contributed by atoms with van der Waals surface area (Å²) in [6.45, 7) is 6.27. The van der Waals surface area contributed by atoms with E-state index in [2.05, 4.69) is 10.2 Å². The molecule has 1 aromatic rings. The lowest BCUT2D eigenvalue weighted by molar-refractivity contribution is -0.125. The van der Waals surface area contributed by atoms with Crippen molar-refractivity contribution in [1.29, 1.82) is 0 Å². The van der Waals surface area contributed by atoms with Crippen LogP contribution in [0.2, 0.25) is 5.02 Å². The third-order valence-electron chi connectivity index (χ3n) is 5.49. The Morgan fingerprint density at radius 1 is 1.18 bits per heavy atom. The third-order valence-corrected chi connectivity index (χ3v) is 8.05. The molecule has 2 aliphatic heterocycles. The number of carbonyl (C=O) groups excluding carboxylic acids is 1. The number of hydrogen-bond acceptors (Lipinski definition) is 4. The smallest absolute Gasteiger partial charge is 0.225 e. The summed E-state index contributed by atoms with van der Waals surface area (Å²) in [4.78, 5) is 14.9. The molecule has 2 saturated heterocycles. The Balaban J connectivity index is 1.48. The number of nitrogens with one attached hydrogen (secondary N) is 1. The Morgan fingerprint density at radius 3 is 2.50 bits per heavy atom. The summed E-state index contributed by atoms with van der Waals surface area (Å²) in [5.74, 6) is 0.312. The predicted molar refractivity (Wildman–Crippen MR) is 113 cm³/mol. The highest BCUT2D eigenvalue weighted by Crippen LogP contribution is 2.30. The number of rotatable bonds is 6. The van der Waals surface area contributed by atoms with Crippen LogP contribution in [0.3, 0.4) is 0 Å². The molecule has 2 aliphatic rings. The second-order valence-electron chi connectivity index (χ2n) is 8.24. The Bertz CT molecular complexity index is 792. The summed E-state index contributed by atoms with van der Waals surface area (Å²) in [6, 6.07) is 7.75. The Morgan fingerprint density at radius 2 is 1.86 bits per heavy atom. The maximum absolute atomic E-state index is 12.7. The molecule has 8 heteroatoms. The van der Waals surface area contributed by atoms with Crippen molar-refractivity contribution in [3.8, 4) is 0 Å². The van der Waals surface area contributed by atoms with Gasteiger partial charge in [0.15, 0.2) is 0 Å². The molecule has 0 spiro atoms. The minimum absolute atomic E-state index is 0.0485. The highest BCUT2D eigenvalue weighted by atomic mass is 35.5. The van der Waals surface area contributed by atoms with Crippen molar-refractivity contribution in [2.45, 2.75) is 39.2 Å². The van der Waals surface area contributed by atoms with Crippen molar-refractivity contribution in [3.05, 3.63) is 29.3 Å². The van der Waals surface area contributed by atoms with E-state index in [9.17, 15) is 13.2 Å². The molecule has 2 fully saturated rings. The summed E-state index contributed by atoms with van der Waals surface area (Å²) in [7, 11) is -3.19. The number of hydrogen-bond donors (Lipinski definition) is 1. The Labute approximate surface area is 173 Å². The van der Waals surface area contributed by atoms with Crippen LogP contribution in [0.15, 0.2) is 24.3 Å². The van der Waals surface area contributed by atoms with E-state index in [0.29, 0.717) is 37.5 Å². The van der Waals surface area contributed by atoms with Crippen LogP contribution >= 0.6 is 11.6 Å². The van der Waals surface area contributed by atoms with Gasteiger partial charge in [-0.25, -0.2) is 12.7 Å². The molecule has 156 valence electrons. The number of carbonyl (C=O) groups is 1. The molecule has 3 rings (SSSR count). The maximum Gasteiger partial charge on any atom is 0.225 e. The van der Waals surface area contributed by atoms with Gasteiger partial charge >= 0.3 is 0 Å². The van der Waals surface area contributed by atoms with Crippen LogP contribution in [0.1, 0.15) is 33.1 Å². The summed E-state index contributed by atoms with van der Waals surface area (Å²) < 4.78 is 26.3. The molecule has 6 nitrogen and oxygen atoms in total. The van der Waals surface area contributed by atoms with Gasteiger partial charge in [0.2, 0.25) is 15.9 Å². The number of amides is 1. The number of piperidine rings is 1. The van der Waals surface area contributed by atoms with Gasteiger partial charge in [-0.05, 0) is 37.3 Å². The highest BCUT2D eigenvalue weighted by Gasteiger charge is 2.33. The molecule has 1 amide bonds. The number of nitrogens with zero attached hydrogens (tertiary/aromatic N) is 2. The lowest BCUT2D eigenvalue weighted by Crippen LogP contribution is -2.48. The topological polar surface area (TPSA) is 69.7 Å². The second-order valence-corrected chi connectivity index (χ2v) is 10.7. The summed E-state index contributed by atoms with van der Waals surface area (Å²) in [5.41, 5.74) is 0.975. The van der Waals surface area contributed by atoms with Crippen molar-refractivity contribution in [2.75, 3.05) is 36.8 Å². The lowest BCUT2D eigenvalue weighted by atomic mass is 10.0. The molecule has 0 bridgehead atoms. The number of sulfonamides is 1. The molecule has 0 aromatic heterocycles. The number of halogens is 1. The van der Waals surface area contributed by atoms with Crippen LogP contribution in [0, 0.1) is 11.8 Å². The van der Waals surface area contributed by atoms with Crippen LogP contribution < -0.4 is 10.2 Å². The third kappa shape index (κ3) is 5.19. The van der Waals surface area contributed by atoms with Crippen LogP contribution in [-0.4, -0.2) is 56.6 Å². The van der Waals surface area contributed by atoms with E-state index in [1.807, 2.05) is 38.1 Å². The molecular formula is C20H30ClN3O3S. The monoisotopic (exact) mass is 427 g/mol. The van der Waals surface area contributed by atoms with E-state index < -0.39 is 10.0 Å².